The topological polar surface area (TPSA) is 88.4 Å². The number of amides is 1. The third-order valence-electron chi connectivity index (χ3n) is 3.59. The third-order valence-corrected chi connectivity index (χ3v) is 3.84. The average Bonchev–Trinajstić information content (AvgIpc) is 2.60. The Hall–Kier alpha value is -2.44. The molecular formula is C18H19ClN2O4. The number of aromatic nitrogens is 1. The molecule has 0 fully saturated rings. The zero-order valence-corrected chi connectivity index (χ0v) is 14.3. The largest absolute Gasteiger partial charge is 0.389 e. The van der Waals surface area contributed by atoms with E-state index in [4.69, 9.17) is 11.6 Å². The maximum atomic E-state index is 12.0. The summed E-state index contributed by atoms with van der Waals surface area (Å²) in [6.07, 6.45) is 0.773. The number of aliphatic hydroxyl groups excluding tert-OH is 1. The average molecular weight is 363 g/mol. The third kappa shape index (κ3) is 6.17. The SMILES string of the molecule is O=C(CCC(=O)c1ccc(Cl)cc1)NCC(O)Cn1ccccc1=O. The van der Waals surface area contributed by atoms with E-state index < -0.39 is 6.10 Å². The van der Waals surface area contributed by atoms with Crippen molar-refractivity contribution in [2.45, 2.75) is 25.5 Å². The number of nitrogens with zero attached hydrogens (tertiary/aromatic N) is 1. The van der Waals surface area contributed by atoms with E-state index in [9.17, 15) is 19.5 Å². The van der Waals surface area contributed by atoms with Crippen molar-refractivity contribution in [2.75, 3.05) is 6.54 Å². The van der Waals surface area contributed by atoms with E-state index >= 15 is 0 Å². The maximum Gasteiger partial charge on any atom is 0.250 e. The van der Waals surface area contributed by atoms with Crippen LogP contribution >= 0.6 is 11.6 Å². The lowest BCUT2D eigenvalue weighted by molar-refractivity contribution is -0.121. The van der Waals surface area contributed by atoms with Gasteiger partial charge in [0, 0.05) is 42.2 Å². The fourth-order valence-electron chi connectivity index (χ4n) is 2.23. The first-order chi connectivity index (χ1) is 12.0. The Morgan fingerprint density at radius 3 is 2.52 bits per heavy atom. The molecule has 6 nitrogen and oxygen atoms in total. The predicted molar refractivity (Wildman–Crippen MR) is 94.7 cm³/mol. The van der Waals surface area contributed by atoms with Crippen LogP contribution in [0.4, 0.5) is 0 Å². The van der Waals surface area contributed by atoms with Gasteiger partial charge in [0.15, 0.2) is 5.78 Å². The Morgan fingerprint density at radius 2 is 1.84 bits per heavy atom. The summed E-state index contributed by atoms with van der Waals surface area (Å²) in [4.78, 5) is 35.3. The number of rotatable bonds is 8. The molecule has 0 radical (unpaired) electrons. The van der Waals surface area contributed by atoms with E-state index in [0.29, 0.717) is 10.6 Å². The van der Waals surface area contributed by atoms with Crippen molar-refractivity contribution in [3.63, 3.8) is 0 Å². The van der Waals surface area contributed by atoms with Gasteiger partial charge in [0.1, 0.15) is 0 Å². The van der Waals surface area contributed by atoms with Crippen molar-refractivity contribution in [1.82, 2.24) is 9.88 Å². The fourth-order valence-corrected chi connectivity index (χ4v) is 2.36. The van der Waals surface area contributed by atoms with E-state index in [2.05, 4.69) is 5.32 Å². The van der Waals surface area contributed by atoms with Crippen LogP contribution in [0.1, 0.15) is 23.2 Å². The molecule has 0 spiro atoms. The summed E-state index contributed by atoms with van der Waals surface area (Å²) in [6, 6.07) is 11.2. The molecule has 132 valence electrons. The molecule has 2 aromatic rings. The monoisotopic (exact) mass is 362 g/mol. The number of Topliss-reactive ketones (excluding diaryl/α,β-unsaturated/α-hetero) is 1. The summed E-state index contributed by atoms with van der Waals surface area (Å²) in [5.41, 5.74) is 0.280. The highest BCUT2D eigenvalue weighted by Crippen LogP contribution is 2.11. The molecule has 0 aliphatic heterocycles. The molecule has 1 atom stereocenters. The summed E-state index contributed by atoms with van der Waals surface area (Å²) in [5.74, 6) is -0.482. The predicted octanol–water partition coefficient (Wildman–Crippen LogP) is 1.64. The molecular weight excluding hydrogens is 344 g/mol. The smallest absolute Gasteiger partial charge is 0.250 e. The van der Waals surface area contributed by atoms with Crippen LogP contribution in [0, 0.1) is 0 Å². The number of nitrogens with one attached hydrogen (secondary N) is 1. The Bertz CT molecular complexity index is 786. The number of halogens is 1. The Morgan fingerprint density at radius 1 is 1.12 bits per heavy atom. The molecule has 0 bridgehead atoms. The van der Waals surface area contributed by atoms with Gasteiger partial charge in [0.05, 0.1) is 12.6 Å². The van der Waals surface area contributed by atoms with E-state index in [1.54, 1.807) is 42.6 Å². The number of aliphatic hydroxyl groups is 1. The first-order valence-corrected chi connectivity index (χ1v) is 8.22. The molecule has 0 aliphatic carbocycles. The van der Waals surface area contributed by atoms with Crippen molar-refractivity contribution < 1.29 is 14.7 Å². The lowest BCUT2D eigenvalue weighted by Crippen LogP contribution is -2.36. The lowest BCUT2D eigenvalue weighted by Gasteiger charge is -2.13. The number of carbonyl (C=O) groups excluding carboxylic acids is 2. The summed E-state index contributed by atoms with van der Waals surface area (Å²) in [6.45, 7) is 0.0962. The van der Waals surface area contributed by atoms with Gasteiger partial charge in [-0.3, -0.25) is 14.4 Å². The van der Waals surface area contributed by atoms with Crippen molar-refractivity contribution in [2.24, 2.45) is 0 Å². The molecule has 0 saturated heterocycles. The fraction of sp³-hybridized carbons (Fsp3) is 0.278. The second-order valence-corrected chi connectivity index (χ2v) is 6.02. The van der Waals surface area contributed by atoms with Gasteiger partial charge in [-0.2, -0.15) is 0 Å². The summed E-state index contributed by atoms with van der Waals surface area (Å²) < 4.78 is 1.36. The molecule has 1 heterocycles. The van der Waals surface area contributed by atoms with Crippen LogP contribution in [0.2, 0.25) is 5.02 Å². The quantitative estimate of drug-likeness (QED) is 0.699. The maximum absolute atomic E-state index is 12.0. The van der Waals surface area contributed by atoms with Gasteiger partial charge in [0.2, 0.25) is 5.91 Å². The van der Waals surface area contributed by atoms with Gasteiger partial charge in [0.25, 0.3) is 5.56 Å². The molecule has 2 rings (SSSR count). The first kappa shape index (κ1) is 18.9. The molecule has 0 aliphatic rings. The van der Waals surface area contributed by atoms with Crippen molar-refractivity contribution in [1.29, 1.82) is 0 Å². The van der Waals surface area contributed by atoms with Crippen molar-refractivity contribution in [3.05, 3.63) is 69.6 Å². The molecule has 1 aromatic carbocycles. The standard InChI is InChI=1S/C18H19ClN2O4/c19-14-6-4-13(5-7-14)16(23)8-9-17(24)20-11-15(22)12-21-10-2-1-3-18(21)25/h1-7,10,15,22H,8-9,11-12H2,(H,20,24). The summed E-state index contributed by atoms with van der Waals surface area (Å²) >= 11 is 5.76. The second-order valence-electron chi connectivity index (χ2n) is 5.58. The lowest BCUT2D eigenvalue weighted by atomic mass is 10.1. The number of hydrogen-bond acceptors (Lipinski definition) is 4. The first-order valence-electron chi connectivity index (χ1n) is 7.84. The molecule has 7 heteroatoms. The minimum atomic E-state index is -0.893. The molecule has 1 aromatic heterocycles. The van der Waals surface area contributed by atoms with Crippen LogP contribution in [0.5, 0.6) is 0 Å². The molecule has 25 heavy (non-hydrogen) atoms. The van der Waals surface area contributed by atoms with E-state index in [0.717, 1.165) is 0 Å². The van der Waals surface area contributed by atoms with Crippen LogP contribution < -0.4 is 10.9 Å². The number of benzene rings is 1. The van der Waals surface area contributed by atoms with Gasteiger partial charge >= 0.3 is 0 Å². The van der Waals surface area contributed by atoms with Gasteiger partial charge in [-0.1, -0.05) is 17.7 Å². The highest BCUT2D eigenvalue weighted by molar-refractivity contribution is 6.30. The van der Waals surface area contributed by atoms with E-state index in [-0.39, 0.29) is 43.2 Å². The highest BCUT2D eigenvalue weighted by Gasteiger charge is 2.11. The van der Waals surface area contributed by atoms with Crippen molar-refractivity contribution >= 4 is 23.3 Å². The van der Waals surface area contributed by atoms with Gasteiger partial charge < -0.3 is 15.0 Å². The van der Waals surface area contributed by atoms with Gasteiger partial charge in [-0.25, -0.2) is 0 Å². The van der Waals surface area contributed by atoms with Crippen LogP contribution in [-0.2, 0) is 11.3 Å². The normalized spacial score (nSPS) is 11.8. The zero-order chi connectivity index (χ0) is 18.2. The molecule has 0 saturated carbocycles. The molecule has 2 N–H and O–H groups in total. The van der Waals surface area contributed by atoms with Gasteiger partial charge in [-0.05, 0) is 30.3 Å². The van der Waals surface area contributed by atoms with Crippen molar-refractivity contribution in [3.8, 4) is 0 Å². The van der Waals surface area contributed by atoms with Gasteiger partial charge in [-0.15, -0.1) is 0 Å². The highest BCUT2D eigenvalue weighted by atomic mass is 35.5. The molecule has 1 amide bonds. The summed E-state index contributed by atoms with van der Waals surface area (Å²) in [5, 5.41) is 13.0. The Balaban J connectivity index is 1.73. The van der Waals surface area contributed by atoms with E-state index in [1.165, 1.54) is 10.6 Å². The van der Waals surface area contributed by atoms with Crippen LogP contribution in [0.15, 0.2) is 53.5 Å². The molecule has 1 unspecified atom stereocenters. The summed E-state index contributed by atoms with van der Waals surface area (Å²) in [7, 11) is 0. The Kier molecular flexibility index (Phi) is 6.91. The van der Waals surface area contributed by atoms with Crippen LogP contribution in [-0.4, -0.2) is 34.0 Å². The van der Waals surface area contributed by atoms with Crippen LogP contribution in [0.25, 0.3) is 0 Å². The minimum Gasteiger partial charge on any atom is -0.389 e. The number of hydrogen-bond donors (Lipinski definition) is 2. The minimum absolute atomic E-state index is 0.00923. The number of pyridine rings is 1. The number of carbonyl (C=O) groups is 2. The Labute approximate surface area is 150 Å². The van der Waals surface area contributed by atoms with E-state index in [1.807, 2.05) is 0 Å². The number of ketones is 1. The zero-order valence-electron chi connectivity index (χ0n) is 13.5. The van der Waals surface area contributed by atoms with Crippen LogP contribution in [0.3, 0.4) is 0 Å². The second kappa shape index (κ2) is 9.15.